The smallest absolute Gasteiger partial charge is 0.313 e. The lowest BCUT2D eigenvalue weighted by atomic mass is 9.72. The van der Waals surface area contributed by atoms with Crippen LogP contribution in [0, 0.1) is 11.8 Å². The lowest BCUT2D eigenvalue weighted by molar-refractivity contribution is -0.195. The predicted octanol–water partition coefficient (Wildman–Crippen LogP) is 2.93. The van der Waals surface area contributed by atoms with Gasteiger partial charge in [-0.3, -0.25) is 0 Å². The Kier molecular flexibility index (Phi) is 3.17. The maximum absolute atomic E-state index is 12.8. The molecule has 88 valence electrons. The van der Waals surface area contributed by atoms with Gasteiger partial charge in [-0.1, -0.05) is 6.42 Å². The van der Waals surface area contributed by atoms with Crippen LogP contribution in [-0.4, -0.2) is 24.1 Å². The average Bonchev–Trinajstić information content (AvgIpc) is 2.16. The van der Waals surface area contributed by atoms with Crippen molar-refractivity contribution in [3.8, 4) is 0 Å². The minimum Gasteiger partial charge on any atom is -0.313 e. The first-order chi connectivity index (χ1) is 7.00. The Bertz CT molecular complexity index is 231. The Hall–Kier alpha value is 0.0400. The van der Waals surface area contributed by atoms with Gasteiger partial charge in [0.1, 0.15) is 0 Å². The lowest BCUT2D eigenvalue weighted by Crippen LogP contribution is -2.56. The van der Waals surface area contributed by atoms with Crippen molar-refractivity contribution in [3.63, 3.8) is 0 Å². The van der Waals surface area contributed by atoms with E-state index in [1.54, 1.807) is 0 Å². The van der Waals surface area contributed by atoms with Crippen molar-refractivity contribution >= 4 is 11.6 Å². The molecule has 1 saturated carbocycles. The summed E-state index contributed by atoms with van der Waals surface area (Å²) in [5.41, 5.74) is 0. The zero-order valence-corrected chi connectivity index (χ0v) is 9.11. The van der Waals surface area contributed by atoms with Crippen LogP contribution in [0.3, 0.4) is 0 Å². The molecule has 2 aliphatic rings. The van der Waals surface area contributed by atoms with Gasteiger partial charge in [0.05, 0.1) is 5.92 Å². The molecule has 1 nitrogen and oxygen atoms in total. The van der Waals surface area contributed by atoms with Gasteiger partial charge in [0, 0.05) is 11.4 Å². The largest absolute Gasteiger partial charge is 0.393 e. The van der Waals surface area contributed by atoms with Crippen molar-refractivity contribution in [1.29, 1.82) is 0 Å². The second-order valence-corrected chi connectivity index (χ2v) is 5.09. The van der Waals surface area contributed by atoms with Gasteiger partial charge in [0.15, 0.2) is 0 Å². The van der Waals surface area contributed by atoms with E-state index in [4.69, 9.17) is 11.6 Å². The molecule has 1 N–H and O–H groups in total. The molecule has 0 aromatic carbocycles. The molecule has 0 spiro atoms. The van der Waals surface area contributed by atoms with Crippen LogP contribution in [-0.2, 0) is 0 Å². The molecule has 0 aromatic heterocycles. The van der Waals surface area contributed by atoms with E-state index in [-0.39, 0.29) is 17.7 Å². The molecule has 2 fully saturated rings. The minimum absolute atomic E-state index is 0.000733. The van der Waals surface area contributed by atoms with E-state index in [1.165, 1.54) is 0 Å². The van der Waals surface area contributed by atoms with E-state index in [9.17, 15) is 13.2 Å². The zero-order valence-electron chi connectivity index (χ0n) is 8.36. The molecular weight excluding hydrogens is 227 g/mol. The monoisotopic (exact) mass is 241 g/mol. The maximum atomic E-state index is 12.8. The normalized spacial score (nSPS) is 42.4. The third kappa shape index (κ3) is 2.26. The number of fused-ring (bicyclic) bond motifs is 1. The van der Waals surface area contributed by atoms with E-state index in [1.807, 2.05) is 0 Å². The van der Waals surface area contributed by atoms with Crippen LogP contribution in [0.1, 0.15) is 25.7 Å². The quantitative estimate of drug-likeness (QED) is 0.643. The molecular formula is C10H15ClF3N. The van der Waals surface area contributed by atoms with Gasteiger partial charge in [0.25, 0.3) is 0 Å². The van der Waals surface area contributed by atoms with Crippen LogP contribution in [0.5, 0.6) is 0 Å². The molecule has 1 aliphatic heterocycles. The second-order valence-electron chi connectivity index (χ2n) is 4.53. The van der Waals surface area contributed by atoms with E-state index in [2.05, 4.69) is 5.32 Å². The summed E-state index contributed by atoms with van der Waals surface area (Å²) >= 11 is 6.10. The topological polar surface area (TPSA) is 12.0 Å². The summed E-state index contributed by atoms with van der Waals surface area (Å²) in [5, 5.41) is 2.92. The first kappa shape index (κ1) is 11.5. The SMILES string of the molecule is FC(F)(F)C1CCCC2C(Cl)CCNC21. The third-order valence-corrected chi connectivity index (χ3v) is 4.17. The number of alkyl halides is 4. The van der Waals surface area contributed by atoms with E-state index in [0.29, 0.717) is 13.0 Å². The molecule has 1 saturated heterocycles. The van der Waals surface area contributed by atoms with Crippen molar-refractivity contribution in [1.82, 2.24) is 5.32 Å². The number of halogens is 4. The Balaban J connectivity index is 2.13. The van der Waals surface area contributed by atoms with Crippen LogP contribution < -0.4 is 5.32 Å². The summed E-state index contributed by atoms with van der Waals surface area (Å²) in [4.78, 5) is 0. The Morgan fingerprint density at radius 3 is 2.53 bits per heavy atom. The first-order valence-corrected chi connectivity index (χ1v) is 5.88. The Morgan fingerprint density at radius 1 is 1.13 bits per heavy atom. The summed E-state index contributed by atoms with van der Waals surface area (Å²) in [7, 11) is 0. The highest BCUT2D eigenvalue weighted by Crippen LogP contribution is 2.43. The van der Waals surface area contributed by atoms with Crippen molar-refractivity contribution in [3.05, 3.63) is 0 Å². The molecule has 1 aliphatic carbocycles. The fourth-order valence-electron chi connectivity index (χ4n) is 2.90. The molecule has 4 atom stereocenters. The summed E-state index contributed by atoms with van der Waals surface area (Å²) < 4.78 is 38.3. The highest BCUT2D eigenvalue weighted by Gasteiger charge is 2.50. The molecule has 1 heterocycles. The summed E-state index contributed by atoms with van der Waals surface area (Å²) in [6.45, 7) is 0.613. The summed E-state index contributed by atoms with van der Waals surface area (Å²) in [5.74, 6) is -1.20. The molecule has 0 aromatic rings. The predicted molar refractivity (Wildman–Crippen MR) is 52.9 cm³/mol. The molecule has 0 bridgehead atoms. The van der Waals surface area contributed by atoms with Gasteiger partial charge in [-0.2, -0.15) is 13.2 Å². The summed E-state index contributed by atoms with van der Waals surface area (Å²) in [6, 6.07) is -0.449. The highest BCUT2D eigenvalue weighted by molar-refractivity contribution is 6.20. The van der Waals surface area contributed by atoms with Crippen LogP contribution in [0.25, 0.3) is 0 Å². The van der Waals surface area contributed by atoms with Crippen LogP contribution in [0.2, 0.25) is 0 Å². The third-order valence-electron chi connectivity index (χ3n) is 3.63. The van der Waals surface area contributed by atoms with Gasteiger partial charge in [0.2, 0.25) is 0 Å². The van der Waals surface area contributed by atoms with Crippen LogP contribution in [0.4, 0.5) is 13.2 Å². The van der Waals surface area contributed by atoms with Gasteiger partial charge in [-0.15, -0.1) is 11.6 Å². The molecule has 5 heteroatoms. The van der Waals surface area contributed by atoms with Crippen LogP contribution in [0.15, 0.2) is 0 Å². The number of hydrogen-bond acceptors (Lipinski definition) is 1. The van der Waals surface area contributed by atoms with Gasteiger partial charge in [-0.25, -0.2) is 0 Å². The van der Waals surface area contributed by atoms with E-state index in [0.717, 1.165) is 12.8 Å². The maximum Gasteiger partial charge on any atom is 0.393 e. The fourth-order valence-corrected chi connectivity index (χ4v) is 3.29. The van der Waals surface area contributed by atoms with E-state index >= 15 is 0 Å². The molecule has 15 heavy (non-hydrogen) atoms. The second kappa shape index (κ2) is 4.13. The highest BCUT2D eigenvalue weighted by atomic mass is 35.5. The van der Waals surface area contributed by atoms with Crippen molar-refractivity contribution in [2.24, 2.45) is 11.8 Å². The van der Waals surface area contributed by atoms with Crippen molar-refractivity contribution in [2.45, 2.75) is 43.3 Å². The Labute approximate surface area is 92.4 Å². The zero-order chi connectivity index (χ0) is 11.1. The summed E-state index contributed by atoms with van der Waals surface area (Å²) in [6.07, 6.45) is -1.56. The lowest BCUT2D eigenvalue weighted by Gasteiger charge is -2.44. The molecule has 0 radical (unpaired) electrons. The number of nitrogens with one attached hydrogen (secondary N) is 1. The van der Waals surface area contributed by atoms with Crippen LogP contribution >= 0.6 is 11.6 Å². The van der Waals surface area contributed by atoms with Crippen molar-refractivity contribution < 1.29 is 13.2 Å². The minimum atomic E-state index is -4.08. The Morgan fingerprint density at radius 2 is 1.87 bits per heavy atom. The fraction of sp³-hybridized carbons (Fsp3) is 1.00. The number of piperidine rings is 1. The standard InChI is InChI=1S/C10H15ClF3N/c11-8-4-5-15-9-6(8)2-1-3-7(9)10(12,13)14/h6-9,15H,1-5H2. The van der Waals surface area contributed by atoms with Gasteiger partial charge < -0.3 is 5.32 Å². The molecule has 2 rings (SSSR count). The number of rotatable bonds is 0. The first-order valence-electron chi connectivity index (χ1n) is 5.44. The molecule has 4 unspecified atom stereocenters. The van der Waals surface area contributed by atoms with Gasteiger partial charge >= 0.3 is 6.18 Å². The number of hydrogen-bond donors (Lipinski definition) is 1. The van der Waals surface area contributed by atoms with Crippen molar-refractivity contribution in [2.75, 3.05) is 6.54 Å². The molecule has 0 amide bonds. The van der Waals surface area contributed by atoms with Gasteiger partial charge in [-0.05, 0) is 31.7 Å². The average molecular weight is 242 g/mol. The van der Waals surface area contributed by atoms with E-state index < -0.39 is 18.1 Å².